The first-order chi connectivity index (χ1) is 11.8. The number of carbonyl (C=O) groups is 1. The third-order valence-corrected chi connectivity index (χ3v) is 5.21. The lowest BCUT2D eigenvalue weighted by atomic mass is 9.86. The van der Waals surface area contributed by atoms with Crippen molar-refractivity contribution >= 4 is 5.91 Å². The summed E-state index contributed by atoms with van der Waals surface area (Å²) in [5.74, 6) is -0.368. The molecule has 1 aliphatic carbocycles. The van der Waals surface area contributed by atoms with Gasteiger partial charge in [-0.05, 0) is 49.8 Å². The molecule has 3 rings (SSSR count). The smallest absolute Gasteiger partial charge is 0.393 e. The Morgan fingerprint density at radius 2 is 1.76 bits per heavy atom. The fraction of sp³-hybridized carbons (Fsp3) is 0.611. The van der Waals surface area contributed by atoms with Crippen LogP contribution in [0.2, 0.25) is 0 Å². The number of aliphatic hydroxyl groups excluding tert-OH is 2. The van der Waals surface area contributed by atoms with Gasteiger partial charge in [-0.3, -0.25) is 4.79 Å². The van der Waals surface area contributed by atoms with Crippen molar-refractivity contribution in [2.45, 2.75) is 56.5 Å². The normalized spacial score (nSPS) is 30.5. The van der Waals surface area contributed by atoms with Crippen LogP contribution in [-0.2, 0) is 11.0 Å². The largest absolute Gasteiger partial charge is 0.416 e. The minimum atomic E-state index is -4.44. The van der Waals surface area contributed by atoms with Crippen molar-refractivity contribution in [3.8, 4) is 0 Å². The summed E-state index contributed by atoms with van der Waals surface area (Å²) in [5.41, 5.74) is -0.352. The summed E-state index contributed by atoms with van der Waals surface area (Å²) in [6.45, 7) is 0.138. The quantitative estimate of drug-likeness (QED) is 0.856. The van der Waals surface area contributed by atoms with Crippen molar-refractivity contribution in [3.63, 3.8) is 0 Å². The second-order valence-electron chi connectivity index (χ2n) is 7.02. The Morgan fingerprint density at radius 3 is 2.40 bits per heavy atom. The summed E-state index contributed by atoms with van der Waals surface area (Å²) in [6.07, 6.45) is -3.07. The van der Waals surface area contributed by atoms with Gasteiger partial charge < -0.3 is 15.1 Å². The molecule has 7 heteroatoms. The molecule has 4 nitrogen and oxygen atoms in total. The van der Waals surface area contributed by atoms with Crippen LogP contribution >= 0.6 is 0 Å². The number of likely N-dealkylation sites (tertiary alicyclic amines) is 1. The van der Waals surface area contributed by atoms with Crippen molar-refractivity contribution < 1.29 is 28.2 Å². The molecule has 25 heavy (non-hydrogen) atoms. The van der Waals surface area contributed by atoms with E-state index in [0.717, 1.165) is 12.1 Å². The fourth-order valence-electron chi connectivity index (χ4n) is 3.85. The molecule has 1 aliphatic heterocycles. The maximum absolute atomic E-state index is 13.0. The van der Waals surface area contributed by atoms with E-state index >= 15 is 0 Å². The van der Waals surface area contributed by atoms with Crippen molar-refractivity contribution in [2.75, 3.05) is 6.54 Å². The molecule has 1 aromatic rings. The Balaban J connectivity index is 1.81. The average molecular weight is 357 g/mol. The highest BCUT2D eigenvalue weighted by Crippen LogP contribution is 2.38. The van der Waals surface area contributed by atoms with Crippen LogP contribution in [0.4, 0.5) is 13.2 Å². The molecule has 2 atom stereocenters. The minimum Gasteiger partial charge on any atom is -0.393 e. The number of aliphatic hydroxyl groups is 2. The van der Waals surface area contributed by atoms with Gasteiger partial charge in [0.1, 0.15) is 0 Å². The minimum absolute atomic E-state index is 0.133. The Bertz CT molecular complexity index is 626. The highest BCUT2D eigenvalue weighted by Gasteiger charge is 2.40. The molecule has 0 bridgehead atoms. The molecule has 1 saturated carbocycles. The summed E-state index contributed by atoms with van der Waals surface area (Å²) in [7, 11) is 0. The second-order valence-corrected chi connectivity index (χ2v) is 7.02. The Kier molecular flexibility index (Phi) is 5.06. The van der Waals surface area contributed by atoms with Crippen LogP contribution in [0.3, 0.4) is 0 Å². The number of β-amino-alcohol motifs (C(OH)–C–C–N with tert-alkyl or cyclic N) is 1. The molecule has 1 amide bonds. The van der Waals surface area contributed by atoms with E-state index in [1.54, 1.807) is 6.07 Å². The van der Waals surface area contributed by atoms with Crippen LogP contribution in [0.15, 0.2) is 24.3 Å². The van der Waals surface area contributed by atoms with Gasteiger partial charge in [0.25, 0.3) is 0 Å². The zero-order chi connectivity index (χ0) is 18.2. The van der Waals surface area contributed by atoms with Gasteiger partial charge in [-0.25, -0.2) is 0 Å². The maximum atomic E-state index is 13.0. The summed E-state index contributed by atoms with van der Waals surface area (Å²) in [4.78, 5) is 14.3. The zero-order valence-electron chi connectivity index (χ0n) is 13.7. The number of hydrogen-bond acceptors (Lipinski definition) is 3. The molecule has 1 saturated heterocycles. The lowest BCUT2D eigenvalue weighted by Crippen LogP contribution is -2.38. The first-order valence-corrected chi connectivity index (χ1v) is 8.59. The zero-order valence-corrected chi connectivity index (χ0v) is 13.7. The van der Waals surface area contributed by atoms with E-state index in [0.29, 0.717) is 31.2 Å². The standard InChI is InChI=1S/C18H22F3NO3/c19-18(20,21)13-3-1-2-12(8-13)16-9-15(24)10-22(16)17(25)11-4-6-14(23)7-5-11/h1-3,8,11,14-16,23-24H,4-7,9-10H2/t11?,14?,15-,16-/m1/s1. The summed E-state index contributed by atoms with van der Waals surface area (Å²) < 4.78 is 38.9. The van der Waals surface area contributed by atoms with E-state index in [9.17, 15) is 28.2 Å². The van der Waals surface area contributed by atoms with E-state index in [-0.39, 0.29) is 30.9 Å². The first kappa shape index (κ1) is 18.2. The van der Waals surface area contributed by atoms with E-state index in [4.69, 9.17) is 0 Å². The topological polar surface area (TPSA) is 60.8 Å². The predicted molar refractivity (Wildman–Crippen MR) is 84.5 cm³/mol. The number of hydrogen-bond donors (Lipinski definition) is 2. The van der Waals surface area contributed by atoms with Crippen LogP contribution in [0.1, 0.15) is 49.3 Å². The first-order valence-electron chi connectivity index (χ1n) is 8.59. The molecule has 138 valence electrons. The van der Waals surface area contributed by atoms with Crippen LogP contribution < -0.4 is 0 Å². The molecule has 0 aromatic heterocycles. The third-order valence-electron chi connectivity index (χ3n) is 5.21. The number of carbonyl (C=O) groups excluding carboxylic acids is 1. The van der Waals surface area contributed by atoms with Crippen molar-refractivity contribution in [1.29, 1.82) is 0 Å². The van der Waals surface area contributed by atoms with Crippen molar-refractivity contribution in [2.24, 2.45) is 5.92 Å². The SMILES string of the molecule is O=C(C1CCC(O)CC1)N1C[C@H](O)C[C@@H]1c1cccc(C(F)(F)F)c1. The lowest BCUT2D eigenvalue weighted by molar-refractivity contribution is -0.138. The molecule has 2 N–H and O–H groups in total. The molecule has 0 unspecified atom stereocenters. The maximum Gasteiger partial charge on any atom is 0.416 e. The second kappa shape index (κ2) is 6.96. The van der Waals surface area contributed by atoms with Gasteiger partial charge in [0.2, 0.25) is 5.91 Å². The number of benzene rings is 1. The predicted octanol–water partition coefficient (Wildman–Crippen LogP) is 2.89. The number of rotatable bonds is 2. The molecular weight excluding hydrogens is 335 g/mol. The number of amides is 1. The molecule has 2 fully saturated rings. The monoisotopic (exact) mass is 357 g/mol. The number of halogens is 3. The fourth-order valence-corrected chi connectivity index (χ4v) is 3.85. The highest BCUT2D eigenvalue weighted by molar-refractivity contribution is 5.80. The van der Waals surface area contributed by atoms with Crippen molar-refractivity contribution in [1.82, 2.24) is 4.90 Å². The van der Waals surface area contributed by atoms with Gasteiger partial charge in [-0.1, -0.05) is 12.1 Å². The van der Waals surface area contributed by atoms with Crippen molar-refractivity contribution in [3.05, 3.63) is 35.4 Å². The summed E-state index contributed by atoms with van der Waals surface area (Å²) in [6, 6.07) is 4.43. The number of nitrogens with zero attached hydrogens (tertiary/aromatic N) is 1. The average Bonchev–Trinajstić information content (AvgIpc) is 2.96. The van der Waals surface area contributed by atoms with Gasteiger partial charge in [0.05, 0.1) is 23.8 Å². The molecular formula is C18H22F3NO3. The van der Waals surface area contributed by atoms with Crippen LogP contribution in [-0.4, -0.2) is 39.8 Å². The molecule has 1 aromatic carbocycles. The number of alkyl halides is 3. The molecule has 0 radical (unpaired) electrons. The van der Waals surface area contributed by atoms with Gasteiger partial charge in [-0.15, -0.1) is 0 Å². The summed E-state index contributed by atoms with van der Waals surface area (Å²) in [5, 5.41) is 19.6. The Morgan fingerprint density at radius 1 is 1.08 bits per heavy atom. The summed E-state index contributed by atoms with van der Waals surface area (Å²) >= 11 is 0. The van der Waals surface area contributed by atoms with E-state index in [2.05, 4.69) is 0 Å². The Hall–Kier alpha value is -1.60. The molecule has 2 aliphatic rings. The van der Waals surface area contributed by atoms with Gasteiger partial charge >= 0.3 is 6.18 Å². The third kappa shape index (κ3) is 3.98. The van der Waals surface area contributed by atoms with Crippen LogP contribution in [0.25, 0.3) is 0 Å². The lowest BCUT2D eigenvalue weighted by Gasteiger charge is -2.32. The van der Waals surface area contributed by atoms with Gasteiger partial charge in [0.15, 0.2) is 0 Å². The van der Waals surface area contributed by atoms with E-state index < -0.39 is 23.9 Å². The van der Waals surface area contributed by atoms with Crippen LogP contribution in [0.5, 0.6) is 0 Å². The highest BCUT2D eigenvalue weighted by atomic mass is 19.4. The van der Waals surface area contributed by atoms with Gasteiger partial charge in [0, 0.05) is 12.5 Å². The molecule has 0 spiro atoms. The molecule has 1 heterocycles. The van der Waals surface area contributed by atoms with E-state index in [1.165, 1.54) is 11.0 Å². The van der Waals surface area contributed by atoms with Crippen LogP contribution in [0, 0.1) is 5.92 Å². The Labute approximate surface area is 144 Å². The van der Waals surface area contributed by atoms with Gasteiger partial charge in [-0.2, -0.15) is 13.2 Å². The van der Waals surface area contributed by atoms with E-state index in [1.807, 2.05) is 0 Å².